The summed E-state index contributed by atoms with van der Waals surface area (Å²) in [5.74, 6) is 1.19. The van der Waals surface area contributed by atoms with Gasteiger partial charge in [-0.3, -0.25) is 9.89 Å². The lowest BCUT2D eigenvalue weighted by Gasteiger charge is -2.20. The van der Waals surface area contributed by atoms with E-state index in [-0.39, 0.29) is 11.7 Å². The number of phenolic OH excluding ortho intramolecular Hbond substituents is 1. The second-order valence-corrected chi connectivity index (χ2v) is 7.86. The number of aromatic hydroxyl groups is 1. The minimum absolute atomic E-state index is 0.125. The normalized spacial score (nSPS) is 15.2. The molecular weight excluding hydrogens is 334 g/mol. The number of thioether (sulfide) groups is 1. The summed E-state index contributed by atoms with van der Waals surface area (Å²) in [6.07, 6.45) is 7.83. The van der Waals surface area contributed by atoms with Gasteiger partial charge in [0.1, 0.15) is 11.4 Å². The predicted molar refractivity (Wildman–Crippen MR) is 102 cm³/mol. The molecule has 0 saturated heterocycles. The summed E-state index contributed by atoms with van der Waals surface area (Å²) in [7, 11) is 0. The summed E-state index contributed by atoms with van der Waals surface area (Å²) in [6, 6.07) is 8.49. The Balaban J connectivity index is 1.40. The second-order valence-electron chi connectivity index (χ2n) is 6.45. The molecule has 1 aromatic heterocycles. The van der Waals surface area contributed by atoms with Gasteiger partial charge in [0.25, 0.3) is 5.91 Å². The van der Waals surface area contributed by atoms with Gasteiger partial charge in [0.15, 0.2) is 0 Å². The fourth-order valence-electron chi connectivity index (χ4n) is 3.07. The molecule has 1 aromatic carbocycles. The van der Waals surface area contributed by atoms with Gasteiger partial charge in [-0.1, -0.05) is 19.3 Å². The molecule has 0 aliphatic heterocycles. The van der Waals surface area contributed by atoms with Crippen molar-refractivity contribution in [3.05, 3.63) is 36.0 Å². The lowest BCUT2D eigenvalue weighted by Crippen LogP contribution is -2.25. The molecule has 1 amide bonds. The molecule has 3 rings (SSSR count). The number of nitrogens with one attached hydrogen (secondary N) is 2. The summed E-state index contributed by atoms with van der Waals surface area (Å²) in [4.78, 5) is 12.2. The number of aromatic amines is 1. The van der Waals surface area contributed by atoms with Crippen LogP contribution >= 0.6 is 11.8 Å². The molecule has 1 aliphatic rings. The Morgan fingerprint density at radius 2 is 2.00 bits per heavy atom. The van der Waals surface area contributed by atoms with Crippen LogP contribution in [-0.4, -0.2) is 38.8 Å². The largest absolute Gasteiger partial charge is 0.508 e. The van der Waals surface area contributed by atoms with Gasteiger partial charge in [0, 0.05) is 17.4 Å². The van der Waals surface area contributed by atoms with Crippen molar-refractivity contribution in [1.82, 2.24) is 15.5 Å². The molecule has 134 valence electrons. The van der Waals surface area contributed by atoms with E-state index >= 15 is 0 Å². The molecule has 0 spiro atoms. The van der Waals surface area contributed by atoms with Crippen LogP contribution in [0.3, 0.4) is 0 Å². The summed E-state index contributed by atoms with van der Waals surface area (Å²) in [6.45, 7) is 0.687. The van der Waals surface area contributed by atoms with Crippen LogP contribution in [0.4, 0.5) is 0 Å². The molecule has 3 N–H and O–H groups in total. The van der Waals surface area contributed by atoms with Crippen molar-refractivity contribution in [2.75, 3.05) is 12.3 Å². The maximum Gasteiger partial charge on any atom is 0.269 e. The Bertz CT molecular complexity index is 678. The number of phenols is 1. The first kappa shape index (κ1) is 17.9. The fourth-order valence-corrected chi connectivity index (χ4v) is 4.38. The molecule has 2 aromatic rings. The maximum absolute atomic E-state index is 12.2. The Morgan fingerprint density at radius 1 is 1.24 bits per heavy atom. The van der Waals surface area contributed by atoms with Crippen molar-refractivity contribution >= 4 is 17.7 Å². The van der Waals surface area contributed by atoms with E-state index in [9.17, 15) is 9.90 Å². The number of benzene rings is 1. The molecule has 0 unspecified atom stereocenters. The Hall–Kier alpha value is -1.95. The first-order valence-electron chi connectivity index (χ1n) is 8.97. The molecule has 25 heavy (non-hydrogen) atoms. The van der Waals surface area contributed by atoms with Crippen LogP contribution in [0.5, 0.6) is 5.75 Å². The highest BCUT2D eigenvalue weighted by Crippen LogP contribution is 2.28. The Kier molecular flexibility index (Phi) is 6.39. The molecular formula is C19H25N3O2S. The van der Waals surface area contributed by atoms with E-state index in [0.29, 0.717) is 17.9 Å². The molecule has 1 fully saturated rings. The Labute approximate surface area is 152 Å². The van der Waals surface area contributed by atoms with Crippen molar-refractivity contribution in [2.24, 2.45) is 0 Å². The number of carbonyl (C=O) groups excluding carboxylic acids is 1. The van der Waals surface area contributed by atoms with E-state index in [1.54, 1.807) is 30.3 Å². The lowest BCUT2D eigenvalue weighted by atomic mass is 10.0. The van der Waals surface area contributed by atoms with Crippen LogP contribution in [0.15, 0.2) is 30.3 Å². The molecule has 1 heterocycles. The van der Waals surface area contributed by atoms with Gasteiger partial charge in [-0.2, -0.15) is 16.9 Å². The van der Waals surface area contributed by atoms with Crippen molar-refractivity contribution in [3.63, 3.8) is 0 Å². The molecule has 1 aliphatic carbocycles. The third-order valence-electron chi connectivity index (χ3n) is 4.50. The Morgan fingerprint density at radius 3 is 2.76 bits per heavy atom. The highest BCUT2D eigenvalue weighted by Gasteiger charge is 2.14. The quantitative estimate of drug-likeness (QED) is 0.654. The minimum atomic E-state index is -0.125. The number of hydrogen-bond acceptors (Lipinski definition) is 4. The summed E-state index contributed by atoms with van der Waals surface area (Å²) in [5.41, 5.74) is 2.01. The summed E-state index contributed by atoms with van der Waals surface area (Å²) in [5, 5.41) is 20.1. The van der Waals surface area contributed by atoms with Crippen LogP contribution in [0.25, 0.3) is 11.3 Å². The van der Waals surface area contributed by atoms with Crippen LogP contribution < -0.4 is 5.32 Å². The van der Waals surface area contributed by atoms with Crippen LogP contribution in [0.1, 0.15) is 49.0 Å². The van der Waals surface area contributed by atoms with E-state index in [1.165, 1.54) is 32.1 Å². The standard InChI is InChI=1S/C19H25N3O2S/c23-15-9-7-14(8-10-15)17-13-18(22-21-17)19(24)20-11-4-12-25-16-5-2-1-3-6-16/h7-10,13,16,23H,1-6,11-12H2,(H,20,24)(H,21,22). The number of hydrogen-bond donors (Lipinski definition) is 3. The van der Waals surface area contributed by atoms with Gasteiger partial charge < -0.3 is 10.4 Å². The molecule has 0 atom stereocenters. The van der Waals surface area contributed by atoms with E-state index < -0.39 is 0 Å². The van der Waals surface area contributed by atoms with Crippen molar-refractivity contribution in [1.29, 1.82) is 0 Å². The van der Waals surface area contributed by atoms with Gasteiger partial charge in [-0.25, -0.2) is 0 Å². The number of nitrogens with zero attached hydrogens (tertiary/aromatic N) is 1. The zero-order valence-corrected chi connectivity index (χ0v) is 15.1. The summed E-state index contributed by atoms with van der Waals surface area (Å²) >= 11 is 2.06. The lowest BCUT2D eigenvalue weighted by molar-refractivity contribution is 0.0949. The highest BCUT2D eigenvalue weighted by atomic mass is 32.2. The van der Waals surface area contributed by atoms with E-state index in [0.717, 1.165) is 23.0 Å². The molecule has 1 saturated carbocycles. The first-order chi connectivity index (χ1) is 12.2. The maximum atomic E-state index is 12.2. The average molecular weight is 359 g/mol. The summed E-state index contributed by atoms with van der Waals surface area (Å²) < 4.78 is 0. The van der Waals surface area contributed by atoms with Gasteiger partial charge >= 0.3 is 0 Å². The SMILES string of the molecule is O=C(NCCCSC1CCCCC1)c1cc(-c2ccc(O)cc2)n[nH]1. The fraction of sp³-hybridized carbons (Fsp3) is 0.474. The van der Waals surface area contributed by atoms with Crippen LogP contribution in [-0.2, 0) is 0 Å². The van der Waals surface area contributed by atoms with Crippen LogP contribution in [0, 0.1) is 0 Å². The molecule has 6 heteroatoms. The monoisotopic (exact) mass is 359 g/mol. The van der Waals surface area contributed by atoms with Gasteiger partial charge in [-0.15, -0.1) is 0 Å². The van der Waals surface area contributed by atoms with Crippen molar-refractivity contribution < 1.29 is 9.90 Å². The topological polar surface area (TPSA) is 78.0 Å². The van der Waals surface area contributed by atoms with Gasteiger partial charge in [0.05, 0.1) is 5.69 Å². The van der Waals surface area contributed by atoms with Crippen molar-refractivity contribution in [3.8, 4) is 17.0 Å². The molecule has 0 bridgehead atoms. The number of rotatable bonds is 7. The van der Waals surface area contributed by atoms with Gasteiger partial charge in [-0.05, 0) is 55.3 Å². The van der Waals surface area contributed by atoms with Crippen molar-refractivity contribution in [2.45, 2.75) is 43.8 Å². The van der Waals surface area contributed by atoms with E-state index in [1.807, 2.05) is 0 Å². The van der Waals surface area contributed by atoms with E-state index in [2.05, 4.69) is 27.3 Å². The van der Waals surface area contributed by atoms with Crippen LogP contribution in [0.2, 0.25) is 0 Å². The zero-order chi connectivity index (χ0) is 17.5. The number of H-pyrrole nitrogens is 1. The highest BCUT2D eigenvalue weighted by molar-refractivity contribution is 7.99. The first-order valence-corrected chi connectivity index (χ1v) is 10.0. The number of carbonyl (C=O) groups is 1. The average Bonchev–Trinajstić information content (AvgIpc) is 3.13. The molecule has 5 nitrogen and oxygen atoms in total. The molecule has 0 radical (unpaired) electrons. The predicted octanol–water partition coefficient (Wildman–Crippen LogP) is 3.97. The number of aromatic nitrogens is 2. The van der Waals surface area contributed by atoms with Gasteiger partial charge in [0.2, 0.25) is 0 Å². The van der Waals surface area contributed by atoms with E-state index in [4.69, 9.17) is 0 Å². The third kappa shape index (κ3) is 5.26. The third-order valence-corrected chi connectivity index (χ3v) is 5.97. The minimum Gasteiger partial charge on any atom is -0.508 e. The second kappa shape index (κ2) is 8.94. The number of amides is 1. The smallest absolute Gasteiger partial charge is 0.269 e. The zero-order valence-electron chi connectivity index (χ0n) is 14.3.